The van der Waals surface area contributed by atoms with Crippen molar-refractivity contribution in [3.63, 3.8) is 0 Å². The lowest BCUT2D eigenvalue weighted by atomic mass is 10.0. The van der Waals surface area contributed by atoms with Crippen LogP contribution in [0.5, 0.6) is 0 Å². The highest BCUT2D eigenvalue weighted by Crippen LogP contribution is 2.25. The van der Waals surface area contributed by atoms with Gasteiger partial charge in [-0.2, -0.15) is 4.31 Å². The number of carbonyl (C=O) groups excluding carboxylic acids is 1. The summed E-state index contributed by atoms with van der Waals surface area (Å²) in [7, 11) is -3.61. The number of rotatable bonds is 4. The number of hydrogen-bond acceptors (Lipinski definition) is 4. The Hall–Kier alpha value is -2.45. The monoisotopic (exact) mass is 445 g/mol. The largest absolute Gasteiger partial charge is 0.366 e. The van der Waals surface area contributed by atoms with Crippen LogP contribution in [0.1, 0.15) is 30.1 Å². The van der Waals surface area contributed by atoms with Crippen LogP contribution in [0.2, 0.25) is 0 Å². The van der Waals surface area contributed by atoms with Gasteiger partial charge in [0.15, 0.2) is 0 Å². The molecule has 2 aliphatic rings. The Morgan fingerprint density at radius 2 is 1.61 bits per heavy atom. The number of hydrogen-bond donors (Lipinski definition) is 0. The summed E-state index contributed by atoms with van der Waals surface area (Å²) >= 11 is 0. The normalized spacial score (nSPS) is 18.9. The van der Waals surface area contributed by atoms with Gasteiger partial charge in [0, 0.05) is 44.8 Å². The zero-order chi connectivity index (χ0) is 22.0. The quantitative estimate of drug-likeness (QED) is 0.725. The summed E-state index contributed by atoms with van der Waals surface area (Å²) < 4.78 is 41.6. The maximum atomic E-state index is 14.0. The third-order valence-electron chi connectivity index (χ3n) is 6.22. The molecule has 0 spiro atoms. The van der Waals surface area contributed by atoms with Gasteiger partial charge in [-0.25, -0.2) is 12.8 Å². The van der Waals surface area contributed by atoms with E-state index in [2.05, 4.69) is 6.92 Å². The van der Waals surface area contributed by atoms with Gasteiger partial charge in [-0.3, -0.25) is 4.79 Å². The Morgan fingerprint density at radius 3 is 2.29 bits per heavy atom. The molecule has 0 bridgehead atoms. The second-order valence-electron chi connectivity index (χ2n) is 8.35. The molecule has 1 amide bonds. The SMILES string of the molecule is CC1CCN(S(=O)(=O)c2cccc(C(=O)N3CCN(c4ccccc4F)CC3)c2)CC1. The van der Waals surface area contributed by atoms with Gasteiger partial charge in [-0.05, 0) is 49.1 Å². The number of carbonyl (C=O) groups is 1. The summed E-state index contributed by atoms with van der Waals surface area (Å²) in [6, 6.07) is 12.9. The van der Waals surface area contributed by atoms with Crippen LogP contribution >= 0.6 is 0 Å². The van der Waals surface area contributed by atoms with Crippen LogP contribution in [0.25, 0.3) is 0 Å². The summed E-state index contributed by atoms with van der Waals surface area (Å²) in [4.78, 5) is 16.8. The van der Waals surface area contributed by atoms with Crippen LogP contribution in [-0.4, -0.2) is 62.8 Å². The second kappa shape index (κ2) is 8.96. The molecule has 6 nitrogen and oxygen atoms in total. The molecule has 0 saturated carbocycles. The number of nitrogens with zero attached hydrogens (tertiary/aromatic N) is 3. The molecule has 31 heavy (non-hydrogen) atoms. The summed E-state index contributed by atoms with van der Waals surface area (Å²) in [6.45, 7) is 5.12. The lowest BCUT2D eigenvalue weighted by molar-refractivity contribution is 0.0746. The van der Waals surface area contributed by atoms with E-state index >= 15 is 0 Å². The topological polar surface area (TPSA) is 60.9 Å². The molecule has 0 aromatic heterocycles. The van der Waals surface area contributed by atoms with E-state index in [1.807, 2.05) is 4.90 Å². The molecule has 0 radical (unpaired) electrons. The van der Waals surface area contributed by atoms with Crippen LogP contribution < -0.4 is 4.90 Å². The van der Waals surface area contributed by atoms with E-state index in [-0.39, 0.29) is 16.6 Å². The lowest BCUT2D eigenvalue weighted by Crippen LogP contribution is -2.49. The molecule has 4 rings (SSSR count). The minimum atomic E-state index is -3.61. The third kappa shape index (κ3) is 4.60. The summed E-state index contributed by atoms with van der Waals surface area (Å²) in [5.41, 5.74) is 0.907. The average molecular weight is 446 g/mol. The van der Waals surface area contributed by atoms with Crippen molar-refractivity contribution in [1.29, 1.82) is 0 Å². The lowest BCUT2D eigenvalue weighted by Gasteiger charge is -2.36. The van der Waals surface area contributed by atoms with Crippen molar-refractivity contribution in [1.82, 2.24) is 9.21 Å². The maximum Gasteiger partial charge on any atom is 0.254 e. The summed E-state index contributed by atoms with van der Waals surface area (Å²) in [5.74, 6) is 0.0622. The molecule has 0 atom stereocenters. The summed E-state index contributed by atoms with van der Waals surface area (Å²) in [5, 5.41) is 0. The number of benzene rings is 2. The van der Waals surface area contributed by atoms with E-state index in [1.54, 1.807) is 41.3 Å². The zero-order valence-electron chi connectivity index (χ0n) is 17.7. The number of halogens is 1. The van der Waals surface area contributed by atoms with Gasteiger partial charge in [-0.1, -0.05) is 25.1 Å². The van der Waals surface area contributed by atoms with E-state index in [4.69, 9.17) is 0 Å². The molecule has 2 heterocycles. The predicted molar refractivity (Wildman–Crippen MR) is 118 cm³/mol. The fourth-order valence-electron chi connectivity index (χ4n) is 4.21. The van der Waals surface area contributed by atoms with Gasteiger partial charge in [0.05, 0.1) is 10.6 Å². The van der Waals surface area contributed by atoms with Gasteiger partial charge in [0.25, 0.3) is 5.91 Å². The van der Waals surface area contributed by atoms with Crippen LogP contribution in [0.3, 0.4) is 0 Å². The number of amides is 1. The fraction of sp³-hybridized carbons (Fsp3) is 0.435. The van der Waals surface area contributed by atoms with Gasteiger partial charge in [0.1, 0.15) is 5.82 Å². The Kier molecular flexibility index (Phi) is 6.29. The van der Waals surface area contributed by atoms with Crippen LogP contribution in [0.15, 0.2) is 53.4 Å². The molecule has 8 heteroatoms. The predicted octanol–water partition coefficient (Wildman–Crippen LogP) is 3.21. The van der Waals surface area contributed by atoms with Gasteiger partial charge < -0.3 is 9.80 Å². The van der Waals surface area contributed by atoms with E-state index in [0.717, 1.165) is 12.8 Å². The van der Waals surface area contributed by atoms with E-state index in [1.165, 1.54) is 16.4 Å². The van der Waals surface area contributed by atoms with Crippen molar-refractivity contribution in [3.8, 4) is 0 Å². The first kappa shape index (κ1) is 21.8. The number of para-hydroxylation sites is 1. The first-order valence-electron chi connectivity index (χ1n) is 10.8. The first-order chi connectivity index (χ1) is 14.9. The number of piperazine rings is 1. The third-order valence-corrected chi connectivity index (χ3v) is 8.12. The van der Waals surface area contributed by atoms with E-state index in [9.17, 15) is 17.6 Å². The molecule has 166 valence electrons. The van der Waals surface area contributed by atoms with Crippen molar-refractivity contribution in [2.45, 2.75) is 24.7 Å². The van der Waals surface area contributed by atoms with Crippen molar-refractivity contribution >= 4 is 21.6 Å². The number of anilines is 1. The molecular formula is C23H28FN3O3S. The zero-order valence-corrected chi connectivity index (χ0v) is 18.5. The molecule has 2 aromatic rings. The minimum Gasteiger partial charge on any atom is -0.366 e. The Balaban J connectivity index is 1.45. The highest BCUT2D eigenvalue weighted by Gasteiger charge is 2.29. The van der Waals surface area contributed by atoms with Crippen LogP contribution in [0.4, 0.5) is 10.1 Å². The van der Waals surface area contributed by atoms with E-state index in [0.29, 0.717) is 56.4 Å². The number of sulfonamides is 1. The second-order valence-corrected chi connectivity index (χ2v) is 10.3. The van der Waals surface area contributed by atoms with Gasteiger partial charge >= 0.3 is 0 Å². The van der Waals surface area contributed by atoms with Crippen molar-refractivity contribution in [3.05, 3.63) is 59.9 Å². The molecule has 2 fully saturated rings. The smallest absolute Gasteiger partial charge is 0.254 e. The Bertz CT molecular complexity index is 1040. The van der Waals surface area contributed by atoms with Gasteiger partial charge in [0.2, 0.25) is 10.0 Å². The molecule has 0 aliphatic carbocycles. The molecule has 2 aromatic carbocycles. The van der Waals surface area contributed by atoms with Gasteiger partial charge in [-0.15, -0.1) is 0 Å². The van der Waals surface area contributed by atoms with Crippen LogP contribution in [-0.2, 0) is 10.0 Å². The molecule has 0 N–H and O–H groups in total. The molecular weight excluding hydrogens is 417 g/mol. The van der Waals surface area contributed by atoms with Crippen LogP contribution in [0, 0.1) is 11.7 Å². The first-order valence-corrected chi connectivity index (χ1v) is 12.2. The van der Waals surface area contributed by atoms with E-state index < -0.39 is 10.0 Å². The Labute approximate surface area is 183 Å². The molecule has 0 unspecified atom stereocenters. The van der Waals surface area contributed by atoms with Crippen molar-refractivity contribution in [2.24, 2.45) is 5.92 Å². The molecule has 2 aliphatic heterocycles. The maximum absolute atomic E-state index is 14.0. The minimum absolute atomic E-state index is 0.165. The standard InChI is InChI=1S/C23H28FN3O3S/c1-18-9-11-27(12-10-18)31(29,30)20-6-4-5-19(17-20)23(28)26-15-13-25(14-16-26)22-8-3-2-7-21(22)24/h2-8,17-18H,9-16H2,1H3. The highest BCUT2D eigenvalue weighted by molar-refractivity contribution is 7.89. The number of piperidine rings is 1. The van der Waals surface area contributed by atoms with Crippen molar-refractivity contribution in [2.75, 3.05) is 44.2 Å². The molecule has 2 saturated heterocycles. The fourth-order valence-corrected chi connectivity index (χ4v) is 5.72. The summed E-state index contributed by atoms with van der Waals surface area (Å²) in [6.07, 6.45) is 1.70. The highest BCUT2D eigenvalue weighted by atomic mass is 32.2. The Morgan fingerprint density at radius 1 is 0.935 bits per heavy atom. The van der Waals surface area contributed by atoms with Crippen molar-refractivity contribution < 1.29 is 17.6 Å². The average Bonchev–Trinajstić information content (AvgIpc) is 2.79.